The molecular weight excluding hydrogens is 216 g/mol. The van der Waals surface area contributed by atoms with Crippen LogP contribution in [0.5, 0.6) is 0 Å². The summed E-state index contributed by atoms with van der Waals surface area (Å²) < 4.78 is 0. The Balaban J connectivity index is 2.73. The number of hydrogen-bond donors (Lipinski definition) is 0. The lowest BCUT2D eigenvalue weighted by atomic mass is 10.1. The third-order valence-electron chi connectivity index (χ3n) is 3.10. The summed E-state index contributed by atoms with van der Waals surface area (Å²) in [5.74, 6) is 0.0513. The molecule has 0 aromatic heterocycles. The van der Waals surface area contributed by atoms with Gasteiger partial charge in [0, 0.05) is 26.6 Å². The zero-order valence-electron chi connectivity index (χ0n) is 11.0. The van der Waals surface area contributed by atoms with Crippen LogP contribution in [0.3, 0.4) is 0 Å². The molecule has 4 nitrogen and oxygen atoms in total. The van der Waals surface area contributed by atoms with Gasteiger partial charge in [-0.05, 0) is 26.7 Å². The van der Waals surface area contributed by atoms with Crippen molar-refractivity contribution >= 4 is 11.8 Å². The summed E-state index contributed by atoms with van der Waals surface area (Å²) in [4.78, 5) is 27.2. The summed E-state index contributed by atoms with van der Waals surface area (Å²) in [5.41, 5.74) is 0.965. The second kappa shape index (κ2) is 5.84. The molecular formula is C13H22N2O2. The minimum absolute atomic E-state index is 0.00720. The number of carbonyl (C=O) groups excluding carboxylic acids is 2. The molecule has 0 spiro atoms. The van der Waals surface area contributed by atoms with Crippen LogP contribution in [0.2, 0.25) is 0 Å². The maximum atomic E-state index is 12.3. The van der Waals surface area contributed by atoms with Crippen LogP contribution in [0.4, 0.5) is 0 Å². The minimum Gasteiger partial charge on any atom is -0.337 e. The van der Waals surface area contributed by atoms with Crippen molar-refractivity contribution in [1.29, 1.82) is 0 Å². The number of amides is 2. The molecule has 1 heterocycles. The van der Waals surface area contributed by atoms with E-state index in [1.807, 2.05) is 13.8 Å². The topological polar surface area (TPSA) is 40.6 Å². The monoisotopic (exact) mass is 238 g/mol. The van der Waals surface area contributed by atoms with Gasteiger partial charge in [-0.3, -0.25) is 9.59 Å². The maximum Gasteiger partial charge on any atom is 0.245 e. The van der Waals surface area contributed by atoms with Gasteiger partial charge in [0.2, 0.25) is 11.8 Å². The van der Waals surface area contributed by atoms with Crippen LogP contribution in [0.15, 0.2) is 12.2 Å². The molecule has 1 atom stereocenters. The third-order valence-corrected chi connectivity index (χ3v) is 3.10. The summed E-state index contributed by atoms with van der Waals surface area (Å²) in [6, 6.07) is -0.258. The van der Waals surface area contributed by atoms with Crippen LogP contribution < -0.4 is 0 Å². The minimum atomic E-state index is -0.258. The van der Waals surface area contributed by atoms with E-state index in [-0.39, 0.29) is 17.9 Å². The lowest BCUT2D eigenvalue weighted by molar-refractivity contribution is -0.142. The van der Waals surface area contributed by atoms with E-state index < -0.39 is 0 Å². The molecule has 1 saturated heterocycles. The normalized spacial score (nSPS) is 19.2. The van der Waals surface area contributed by atoms with E-state index in [9.17, 15) is 9.59 Å². The van der Waals surface area contributed by atoms with Crippen molar-refractivity contribution in [2.24, 2.45) is 0 Å². The number of nitrogens with zero attached hydrogens (tertiary/aromatic N) is 2. The third kappa shape index (κ3) is 3.32. The SMILES string of the molecule is C=C(C)CN(CC)C(=O)C1CCCN1C(C)=O. The van der Waals surface area contributed by atoms with Crippen LogP contribution in [-0.2, 0) is 9.59 Å². The van der Waals surface area contributed by atoms with Crippen molar-refractivity contribution in [3.63, 3.8) is 0 Å². The van der Waals surface area contributed by atoms with Gasteiger partial charge in [-0.25, -0.2) is 0 Å². The van der Waals surface area contributed by atoms with Gasteiger partial charge in [0.1, 0.15) is 6.04 Å². The lowest BCUT2D eigenvalue weighted by Gasteiger charge is -2.29. The highest BCUT2D eigenvalue weighted by molar-refractivity contribution is 5.87. The quantitative estimate of drug-likeness (QED) is 0.695. The second-order valence-corrected chi connectivity index (χ2v) is 4.68. The van der Waals surface area contributed by atoms with E-state index in [0.29, 0.717) is 19.6 Å². The summed E-state index contributed by atoms with van der Waals surface area (Å²) >= 11 is 0. The standard InChI is InChI=1S/C13H22N2O2/c1-5-14(9-10(2)3)13(17)12-7-6-8-15(12)11(4)16/h12H,2,5-9H2,1,3-4H3. The van der Waals surface area contributed by atoms with E-state index in [1.165, 1.54) is 6.92 Å². The van der Waals surface area contributed by atoms with Crippen LogP contribution in [0.1, 0.15) is 33.6 Å². The molecule has 1 aliphatic rings. The molecule has 4 heteroatoms. The lowest BCUT2D eigenvalue weighted by Crippen LogP contribution is -2.47. The molecule has 1 aliphatic heterocycles. The first-order valence-electron chi connectivity index (χ1n) is 6.17. The fourth-order valence-corrected chi connectivity index (χ4v) is 2.28. The van der Waals surface area contributed by atoms with E-state index in [0.717, 1.165) is 18.4 Å². The molecule has 0 radical (unpaired) electrons. The molecule has 1 unspecified atom stereocenters. The number of likely N-dealkylation sites (N-methyl/N-ethyl adjacent to an activating group) is 1. The predicted molar refractivity (Wildman–Crippen MR) is 67.5 cm³/mol. The summed E-state index contributed by atoms with van der Waals surface area (Å²) in [6.45, 7) is 11.2. The summed E-state index contributed by atoms with van der Waals surface area (Å²) in [5, 5.41) is 0. The first kappa shape index (κ1) is 13.7. The second-order valence-electron chi connectivity index (χ2n) is 4.68. The molecule has 96 valence electrons. The zero-order chi connectivity index (χ0) is 13.0. The smallest absolute Gasteiger partial charge is 0.245 e. The molecule has 1 rings (SSSR count). The van der Waals surface area contributed by atoms with Crippen LogP contribution >= 0.6 is 0 Å². The predicted octanol–water partition coefficient (Wildman–Crippen LogP) is 1.42. The molecule has 0 bridgehead atoms. The average molecular weight is 238 g/mol. The van der Waals surface area contributed by atoms with Crippen LogP contribution in [0.25, 0.3) is 0 Å². The molecule has 17 heavy (non-hydrogen) atoms. The summed E-state index contributed by atoms with van der Waals surface area (Å²) in [7, 11) is 0. The van der Waals surface area contributed by atoms with Crippen molar-refractivity contribution in [1.82, 2.24) is 9.80 Å². The van der Waals surface area contributed by atoms with Gasteiger partial charge in [-0.15, -0.1) is 0 Å². The zero-order valence-corrected chi connectivity index (χ0v) is 11.0. The molecule has 0 aromatic carbocycles. The van der Waals surface area contributed by atoms with Crippen molar-refractivity contribution < 1.29 is 9.59 Å². The number of likely N-dealkylation sites (tertiary alicyclic amines) is 1. The Morgan fingerprint density at radius 3 is 2.53 bits per heavy atom. The van der Waals surface area contributed by atoms with Crippen LogP contribution in [0, 0.1) is 0 Å². The Kier molecular flexibility index (Phi) is 4.73. The first-order chi connectivity index (χ1) is 7.97. The van der Waals surface area contributed by atoms with Crippen LogP contribution in [-0.4, -0.2) is 47.3 Å². The molecule has 2 amide bonds. The molecule has 1 fully saturated rings. The fourth-order valence-electron chi connectivity index (χ4n) is 2.28. The van der Waals surface area contributed by atoms with E-state index in [2.05, 4.69) is 6.58 Å². The van der Waals surface area contributed by atoms with Gasteiger partial charge in [0.25, 0.3) is 0 Å². The van der Waals surface area contributed by atoms with Gasteiger partial charge in [-0.2, -0.15) is 0 Å². The van der Waals surface area contributed by atoms with E-state index >= 15 is 0 Å². The van der Waals surface area contributed by atoms with Gasteiger partial charge in [0.15, 0.2) is 0 Å². The highest BCUT2D eigenvalue weighted by Crippen LogP contribution is 2.19. The highest BCUT2D eigenvalue weighted by atomic mass is 16.2. The van der Waals surface area contributed by atoms with Crippen molar-refractivity contribution in [3.05, 3.63) is 12.2 Å². The average Bonchev–Trinajstić information content (AvgIpc) is 2.73. The number of hydrogen-bond acceptors (Lipinski definition) is 2. The van der Waals surface area contributed by atoms with Gasteiger partial charge < -0.3 is 9.80 Å². The Labute approximate surface area is 103 Å². The van der Waals surface area contributed by atoms with E-state index in [4.69, 9.17) is 0 Å². The Morgan fingerprint density at radius 2 is 2.06 bits per heavy atom. The molecule has 0 saturated carbocycles. The number of rotatable bonds is 4. The molecule has 0 aliphatic carbocycles. The van der Waals surface area contributed by atoms with Gasteiger partial charge >= 0.3 is 0 Å². The van der Waals surface area contributed by atoms with Crippen molar-refractivity contribution in [2.45, 2.75) is 39.7 Å². The van der Waals surface area contributed by atoms with Crippen molar-refractivity contribution in [2.75, 3.05) is 19.6 Å². The molecule has 0 aromatic rings. The Hall–Kier alpha value is -1.32. The Morgan fingerprint density at radius 1 is 1.41 bits per heavy atom. The first-order valence-corrected chi connectivity index (χ1v) is 6.17. The maximum absolute atomic E-state index is 12.3. The van der Waals surface area contributed by atoms with Crippen molar-refractivity contribution in [3.8, 4) is 0 Å². The molecule has 0 N–H and O–H groups in total. The summed E-state index contributed by atoms with van der Waals surface area (Å²) in [6.07, 6.45) is 1.70. The van der Waals surface area contributed by atoms with Gasteiger partial charge in [-0.1, -0.05) is 12.2 Å². The largest absolute Gasteiger partial charge is 0.337 e. The van der Waals surface area contributed by atoms with E-state index in [1.54, 1.807) is 9.80 Å². The van der Waals surface area contributed by atoms with Gasteiger partial charge in [0.05, 0.1) is 0 Å². The fraction of sp³-hybridized carbons (Fsp3) is 0.692. The highest BCUT2D eigenvalue weighted by Gasteiger charge is 2.34. The number of carbonyl (C=O) groups is 2. The Bertz CT molecular complexity index is 325.